The molecule has 3 heterocycles. The Bertz CT molecular complexity index is 1770. The summed E-state index contributed by atoms with van der Waals surface area (Å²) in [6.45, 7) is 8.17. The Kier molecular flexibility index (Phi) is 10.2. The average Bonchev–Trinajstić information content (AvgIpc) is 3.49. The lowest BCUT2D eigenvalue weighted by molar-refractivity contribution is -0.133. The van der Waals surface area contributed by atoms with Crippen LogP contribution >= 0.6 is 0 Å². The molecule has 0 atom stereocenters. The van der Waals surface area contributed by atoms with Crippen LogP contribution in [0.3, 0.4) is 0 Å². The van der Waals surface area contributed by atoms with Gasteiger partial charge in [-0.15, -0.1) is 0 Å². The first-order valence-electron chi connectivity index (χ1n) is 16.4. The van der Waals surface area contributed by atoms with Crippen LogP contribution in [-0.2, 0) is 9.53 Å². The lowest BCUT2D eigenvalue weighted by atomic mass is 9.92. The second-order valence-electron chi connectivity index (χ2n) is 13.9. The van der Waals surface area contributed by atoms with Crippen molar-refractivity contribution in [3.63, 3.8) is 0 Å². The number of H-pyrrole nitrogens is 1. The monoisotopic (exact) mass is 683 g/mol. The number of hydrogen-bond acceptors (Lipinski definition) is 6. The van der Waals surface area contributed by atoms with Gasteiger partial charge in [0, 0.05) is 87.5 Å². The Labute approximate surface area is 284 Å². The molecule has 0 bridgehead atoms. The van der Waals surface area contributed by atoms with Crippen molar-refractivity contribution in [2.75, 3.05) is 58.3 Å². The van der Waals surface area contributed by atoms with E-state index in [2.05, 4.69) is 4.98 Å². The van der Waals surface area contributed by atoms with Gasteiger partial charge in [-0.1, -0.05) is 19.9 Å². The van der Waals surface area contributed by atoms with Crippen LogP contribution in [0.4, 0.5) is 23.7 Å². The third-order valence-electron chi connectivity index (χ3n) is 8.56. The molecule has 1 saturated heterocycles. The molecule has 0 saturated carbocycles. The Hall–Kier alpha value is -4.68. The van der Waals surface area contributed by atoms with Gasteiger partial charge >= 0.3 is 12.7 Å². The molecule has 3 amide bonds. The maximum Gasteiger partial charge on any atom is 0.410 e. The maximum absolute atomic E-state index is 16.4. The summed E-state index contributed by atoms with van der Waals surface area (Å²) in [4.78, 5) is 47.9. The van der Waals surface area contributed by atoms with E-state index in [9.17, 15) is 23.2 Å². The molecular formula is C36H44F3N5O5. The third kappa shape index (κ3) is 7.81. The number of benzene rings is 2. The number of piperazine rings is 1. The summed E-state index contributed by atoms with van der Waals surface area (Å²) in [7, 11) is 3.15. The predicted molar refractivity (Wildman–Crippen MR) is 182 cm³/mol. The Morgan fingerprint density at radius 1 is 0.918 bits per heavy atom. The molecule has 10 nitrogen and oxygen atoms in total. The normalized spacial score (nSPS) is 15.6. The molecule has 0 unspecified atom stereocenters. The molecule has 49 heavy (non-hydrogen) atoms. The van der Waals surface area contributed by atoms with Crippen molar-refractivity contribution in [3.8, 4) is 16.9 Å². The molecule has 1 N–H and O–H groups in total. The highest BCUT2D eigenvalue weighted by molar-refractivity contribution is 6.05. The number of hydrogen-bond donors (Lipinski definition) is 1. The van der Waals surface area contributed by atoms with Gasteiger partial charge < -0.3 is 34.1 Å². The minimum absolute atomic E-state index is 0.0382. The summed E-state index contributed by atoms with van der Waals surface area (Å²) in [5, 5.41) is 0.316. The average molecular weight is 684 g/mol. The fourth-order valence-corrected chi connectivity index (χ4v) is 6.16. The van der Waals surface area contributed by atoms with E-state index in [0.717, 1.165) is 0 Å². The Morgan fingerprint density at radius 3 is 2.22 bits per heavy atom. The van der Waals surface area contributed by atoms with Crippen molar-refractivity contribution in [2.45, 2.75) is 53.3 Å². The molecule has 1 aromatic heterocycles. The smallest absolute Gasteiger partial charge is 0.410 e. The number of amides is 3. The van der Waals surface area contributed by atoms with E-state index < -0.39 is 30.0 Å². The maximum atomic E-state index is 16.4. The minimum Gasteiger partial charge on any atom is -0.444 e. The molecule has 0 aliphatic carbocycles. The van der Waals surface area contributed by atoms with E-state index in [1.54, 1.807) is 62.9 Å². The Balaban J connectivity index is 1.57. The van der Waals surface area contributed by atoms with Crippen molar-refractivity contribution < 1.29 is 37.0 Å². The lowest BCUT2D eigenvalue weighted by Gasteiger charge is -2.37. The largest absolute Gasteiger partial charge is 0.444 e. The fourth-order valence-electron chi connectivity index (χ4n) is 6.16. The van der Waals surface area contributed by atoms with Crippen molar-refractivity contribution in [1.29, 1.82) is 0 Å². The van der Waals surface area contributed by atoms with E-state index in [-0.39, 0.29) is 46.5 Å². The molecule has 0 radical (unpaired) electrons. The first-order valence-corrected chi connectivity index (χ1v) is 16.4. The highest BCUT2D eigenvalue weighted by Gasteiger charge is 2.29. The van der Waals surface area contributed by atoms with Crippen LogP contribution in [-0.4, -0.2) is 103 Å². The summed E-state index contributed by atoms with van der Waals surface area (Å²) in [6.07, 6.45) is 1.98. The number of fused-ring (bicyclic) bond motifs is 1. The molecule has 3 aromatic rings. The van der Waals surface area contributed by atoms with Crippen LogP contribution in [0.25, 0.3) is 27.6 Å². The molecule has 264 valence electrons. The highest BCUT2D eigenvalue weighted by atomic mass is 19.3. The molecule has 2 aromatic carbocycles. The van der Waals surface area contributed by atoms with Crippen LogP contribution in [0, 0.1) is 11.7 Å². The molecule has 5 rings (SSSR count). The summed E-state index contributed by atoms with van der Waals surface area (Å²) in [5.74, 6) is -1.42. The number of nitrogens with zero attached hydrogens (tertiary/aromatic N) is 4. The van der Waals surface area contributed by atoms with Crippen molar-refractivity contribution in [1.82, 2.24) is 19.7 Å². The lowest BCUT2D eigenvalue weighted by Crippen LogP contribution is -2.50. The quantitative estimate of drug-likeness (QED) is 0.301. The summed E-state index contributed by atoms with van der Waals surface area (Å²) in [5.41, 5.74) is 1.57. The number of aromatic amines is 1. The van der Waals surface area contributed by atoms with Gasteiger partial charge in [0.25, 0.3) is 5.91 Å². The summed E-state index contributed by atoms with van der Waals surface area (Å²) >= 11 is 0. The predicted octanol–water partition coefficient (Wildman–Crippen LogP) is 6.61. The molecule has 1 fully saturated rings. The number of anilines is 1. The number of carbonyl (C=O) groups is 3. The summed E-state index contributed by atoms with van der Waals surface area (Å²) < 4.78 is 54.9. The zero-order chi connectivity index (χ0) is 35.8. The van der Waals surface area contributed by atoms with Crippen molar-refractivity contribution in [2.24, 2.45) is 5.92 Å². The van der Waals surface area contributed by atoms with Crippen LogP contribution in [0.5, 0.6) is 5.75 Å². The first kappa shape index (κ1) is 35.6. The van der Waals surface area contributed by atoms with Gasteiger partial charge in [-0.2, -0.15) is 8.78 Å². The fraction of sp³-hybridized carbons (Fsp3) is 0.472. The van der Waals surface area contributed by atoms with E-state index in [1.807, 2.05) is 24.8 Å². The number of nitrogens with one attached hydrogen (secondary N) is 1. The van der Waals surface area contributed by atoms with Gasteiger partial charge in [-0.25, -0.2) is 9.18 Å². The van der Waals surface area contributed by atoms with Gasteiger partial charge in [0.15, 0.2) is 5.82 Å². The van der Waals surface area contributed by atoms with Gasteiger partial charge in [0.1, 0.15) is 17.0 Å². The highest BCUT2D eigenvalue weighted by Crippen LogP contribution is 2.42. The van der Waals surface area contributed by atoms with E-state index in [1.165, 1.54) is 17.0 Å². The number of carbonyl (C=O) groups excluding carboxylic acids is 3. The van der Waals surface area contributed by atoms with Crippen LogP contribution in [0.2, 0.25) is 0 Å². The molecule has 0 spiro atoms. The number of alkyl halides is 2. The number of rotatable bonds is 7. The number of halogens is 3. The van der Waals surface area contributed by atoms with Crippen LogP contribution in [0.1, 0.15) is 57.1 Å². The zero-order valence-corrected chi connectivity index (χ0v) is 29.0. The van der Waals surface area contributed by atoms with Gasteiger partial charge in [-0.05, 0) is 62.6 Å². The second kappa shape index (κ2) is 14.0. The second-order valence-corrected chi connectivity index (χ2v) is 13.9. The van der Waals surface area contributed by atoms with Crippen molar-refractivity contribution in [3.05, 3.63) is 53.5 Å². The Morgan fingerprint density at radius 2 is 1.61 bits per heavy atom. The van der Waals surface area contributed by atoms with Crippen molar-refractivity contribution >= 4 is 40.1 Å². The molecule has 13 heteroatoms. The minimum atomic E-state index is -3.15. The van der Waals surface area contributed by atoms with Gasteiger partial charge in [0.05, 0.1) is 5.52 Å². The SMILES string of the molecule is CC(C)C(=O)N1CCC=C(c2cc(-c3ccc(N4CCN(C(=O)OC(C)(C)C)CC4)cc3OC(F)F)c3cc(C(=O)N(C)C)[nH]c3c2F)C1. The molecule has 2 aliphatic rings. The van der Waals surface area contributed by atoms with Gasteiger partial charge in [0.2, 0.25) is 5.91 Å². The van der Waals surface area contributed by atoms with E-state index >= 15 is 4.39 Å². The number of ether oxygens (including phenoxy) is 2. The zero-order valence-electron chi connectivity index (χ0n) is 29.0. The third-order valence-corrected chi connectivity index (χ3v) is 8.56. The van der Waals surface area contributed by atoms with Crippen LogP contribution < -0.4 is 9.64 Å². The number of aromatic nitrogens is 1. The first-order chi connectivity index (χ1) is 23.0. The van der Waals surface area contributed by atoms with Crippen LogP contribution in [0.15, 0.2) is 36.4 Å². The van der Waals surface area contributed by atoms with Gasteiger partial charge in [-0.3, -0.25) is 9.59 Å². The van der Waals surface area contributed by atoms with E-state index in [4.69, 9.17) is 9.47 Å². The molecule has 2 aliphatic heterocycles. The standard InChI is InChI=1S/C36H44F3N5O5/c1-21(2)32(45)44-12-8-9-22(20-44)25-18-26(27-19-28(33(46)41(6)7)40-31(27)30(25)37)24-11-10-23(17-29(24)48-34(38)39)42-13-15-43(16-14-42)35(47)49-36(3,4)5/h9-11,17-19,21,34,40H,8,12-16,20H2,1-7H3. The van der Waals surface area contributed by atoms with E-state index in [0.29, 0.717) is 61.4 Å². The molecular weight excluding hydrogens is 639 g/mol. The topological polar surface area (TPSA) is 98.4 Å². The summed E-state index contributed by atoms with van der Waals surface area (Å²) in [6, 6.07) is 8.03.